The number of benzene rings is 1. The third-order valence-corrected chi connectivity index (χ3v) is 3.69. The zero-order valence-electron chi connectivity index (χ0n) is 12.5. The maximum Gasteiger partial charge on any atom is 0.309 e. The molecule has 1 aromatic rings. The van der Waals surface area contributed by atoms with E-state index in [9.17, 15) is 14.0 Å². The van der Waals surface area contributed by atoms with Gasteiger partial charge in [0.1, 0.15) is 5.82 Å². The number of amides is 2. The van der Waals surface area contributed by atoms with Crippen LogP contribution in [0, 0.1) is 5.82 Å². The maximum absolute atomic E-state index is 12.8. The number of halogens is 1. The van der Waals surface area contributed by atoms with Crippen molar-refractivity contribution in [2.45, 2.75) is 38.6 Å². The molecule has 0 aliphatic heterocycles. The van der Waals surface area contributed by atoms with Crippen LogP contribution in [0.2, 0.25) is 0 Å². The van der Waals surface area contributed by atoms with Crippen LogP contribution in [-0.4, -0.2) is 18.4 Å². The topological polar surface area (TPSA) is 58.2 Å². The van der Waals surface area contributed by atoms with Crippen LogP contribution in [-0.2, 0) is 16.1 Å². The molecule has 0 fully saturated rings. The highest BCUT2D eigenvalue weighted by molar-refractivity contribution is 6.35. The first-order valence-corrected chi connectivity index (χ1v) is 7.63. The van der Waals surface area contributed by atoms with Gasteiger partial charge in [-0.05, 0) is 49.8 Å². The van der Waals surface area contributed by atoms with E-state index >= 15 is 0 Å². The average molecular weight is 304 g/mol. The van der Waals surface area contributed by atoms with Gasteiger partial charge in [0.15, 0.2) is 0 Å². The van der Waals surface area contributed by atoms with Gasteiger partial charge in [0, 0.05) is 13.1 Å². The molecule has 2 rings (SSSR count). The van der Waals surface area contributed by atoms with E-state index in [1.165, 1.54) is 30.5 Å². The highest BCUT2D eigenvalue weighted by Crippen LogP contribution is 2.19. The first-order chi connectivity index (χ1) is 10.6. The van der Waals surface area contributed by atoms with Crippen LogP contribution >= 0.6 is 0 Å². The largest absolute Gasteiger partial charge is 0.348 e. The van der Waals surface area contributed by atoms with Gasteiger partial charge in [-0.25, -0.2) is 4.39 Å². The summed E-state index contributed by atoms with van der Waals surface area (Å²) in [6, 6.07) is 5.78. The molecule has 22 heavy (non-hydrogen) atoms. The number of carbonyl (C=O) groups is 2. The predicted molar refractivity (Wildman–Crippen MR) is 82.4 cm³/mol. The molecule has 1 aliphatic rings. The Kier molecular flexibility index (Phi) is 6.13. The van der Waals surface area contributed by atoms with E-state index in [0.717, 1.165) is 24.8 Å². The molecule has 0 bridgehead atoms. The molecule has 0 atom stereocenters. The van der Waals surface area contributed by atoms with Crippen molar-refractivity contribution < 1.29 is 14.0 Å². The van der Waals surface area contributed by atoms with E-state index in [-0.39, 0.29) is 12.4 Å². The Hall–Kier alpha value is -2.17. The number of rotatable bonds is 5. The van der Waals surface area contributed by atoms with Gasteiger partial charge in [0.25, 0.3) is 0 Å². The average Bonchev–Trinajstić information content (AvgIpc) is 2.55. The van der Waals surface area contributed by atoms with Gasteiger partial charge in [0.05, 0.1) is 0 Å². The van der Waals surface area contributed by atoms with Crippen LogP contribution in [0.5, 0.6) is 0 Å². The molecule has 0 aromatic heterocycles. The van der Waals surface area contributed by atoms with E-state index in [1.807, 2.05) is 0 Å². The van der Waals surface area contributed by atoms with Crippen molar-refractivity contribution in [1.82, 2.24) is 10.6 Å². The third kappa shape index (κ3) is 5.31. The van der Waals surface area contributed by atoms with Crippen molar-refractivity contribution in [3.05, 3.63) is 47.3 Å². The van der Waals surface area contributed by atoms with E-state index in [2.05, 4.69) is 16.7 Å². The van der Waals surface area contributed by atoms with Crippen LogP contribution in [0.25, 0.3) is 0 Å². The summed E-state index contributed by atoms with van der Waals surface area (Å²) in [7, 11) is 0. The summed E-state index contributed by atoms with van der Waals surface area (Å²) in [6.45, 7) is 0.687. The minimum absolute atomic E-state index is 0.206. The fraction of sp³-hybridized carbons (Fsp3) is 0.412. The van der Waals surface area contributed by atoms with Crippen LogP contribution in [0.3, 0.4) is 0 Å². The Balaban J connectivity index is 1.67. The van der Waals surface area contributed by atoms with Crippen molar-refractivity contribution in [2.24, 2.45) is 0 Å². The second-order valence-corrected chi connectivity index (χ2v) is 5.42. The molecule has 1 aliphatic carbocycles. The highest BCUT2D eigenvalue weighted by Gasteiger charge is 2.12. The lowest BCUT2D eigenvalue weighted by atomic mass is 9.97. The summed E-state index contributed by atoms with van der Waals surface area (Å²) in [6.07, 6.45) is 7.68. The molecule has 4 nitrogen and oxygen atoms in total. The molecular formula is C17H21FN2O2. The van der Waals surface area contributed by atoms with Gasteiger partial charge in [-0.2, -0.15) is 0 Å². The van der Waals surface area contributed by atoms with Crippen molar-refractivity contribution in [3.63, 3.8) is 0 Å². The molecule has 0 saturated heterocycles. The molecule has 0 saturated carbocycles. The lowest BCUT2D eigenvalue weighted by molar-refractivity contribution is -0.139. The monoisotopic (exact) mass is 304 g/mol. The Labute approximate surface area is 129 Å². The summed E-state index contributed by atoms with van der Waals surface area (Å²) < 4.78 is 12.8. The van der Waals surface area contributed by atoms with Gasteiger partial charge in [-0.3, -0.25) is 9.59 Å². The summed E-state index contributed by atoms with van der Waals surface area (Å²) in [5.74, 6) is -1.62. The molecule has 1 aromatic carbocycles. The number of nitrogens with one attached hydrogen (secondary N) is 2. The van der Waals surface area contributed by atoms with Gasteiger partial charge < -0.3 is 10.6 Å². The third-order valence-electron chi connectivity index (χ3n) is 3.69. The molecule has 0 heterocycles. The molecule has 2 amide bonds. The summed E-state index contributed by atoms with van der Waals surface area (Å²) in [4.78, 5) is 23.3. The number of carbonyl (C=O) groups excluding carboxylic acids is 2. The fourth-order valence-electron chi connectivity index (χ4n) is 2.41. The first kappa shape index (κ1) is 16.2. The van der Waals surface area contributed by atoms with Crippen LogP contribution < -0.4 is 10.6 Å². The zero-order chi connectivity index (χ0) is 15.8. The van der Waals surface area contributed by atoms with Gasteiger partial charge in [-0.1, -0.05) is 23.8 Å². The van der Waals surface area contributed by atoms with Crippen LogP contribution in [0.4, 0.5) is 4.39 Å². The first-order valence-electron chi connectivity index (χ1n) is 7.63. The molecular weight excluding hydrogens is 283 g/mol. The van der Waals surface area contributed by atoms with Crippen molar-refractivity contribution in [3.8, 4) is 0 Å². The SMILES string of the molecule is O=C(NCCC1=CCCCC1)C(=O)NCc1ccc(F)cc1. The number of hydrogen-bond acceptors (Lipinski definition) is 2. The van der Waals surface area contributed by atoms with E-state index in [4.69, 9.17) is 0 Å². The quantitative estimate of drug-likeness (QED) is 0.648. The minimum atomic E-state index is -0.665. The van der Waals surface area contributed by atoms with Crippen molar-refractivity contribution in [1.29, 1.82) is 0 Å². The Morgan fingerprint density at radius 2 is 1.77 bits per heavy atom. The summed E-state index contributed by atoms with van der Waals surface area (Å²) >= 11 is 0. The second-order valence-electron chi connectivity index (χ2n) is 5.42. The second kappa shape index (κ2) is 8.32. The van der Waals surface area contributed by atoms with Gasteiger partial charge in [-0.15, -0.1) is 0 Å². The number of hydrogen-bond donors (Lipinski definition) is 2. The molecule has 0 radical (unpaired) electrons. The predicted octanol–water partition coefficient (Wildman–Crippen LogP) is 2.45. The summed E-state index contributed by atoms with van der Waals surface area (Å²) in [5, 5.41) is 5.14. The highest BCUT2D eigenvalue weighted by atomic mass is 19.1. The Bertz CT molecular complexity index is 552. The van der Waals surface area contributed by atoms with Crippen LogP contribution in [0.15, 0.2) is 35.9 Å². The Morgan fingerprint density at radius 3 is 2.45 bits per heavy atom. The molecule has 118 valence electrons. The molecule has 2 N–H and O–H groups in total. The Morgan fingerprint density at radius 1 is 1.05 bits per heavy atom. The summed E-state index contributed by atoms with van der Waals surface area (Å²) in [5.41, 5.74) is 2.10. The fourth-order valence-corrected chi connectivity index (χ4v) is 2.41. The van der Waals surface area contributed by atoms with Gasteiger partial charge in [0.2, 0.25) is 0 Å². The standard InChI is InChI=1S/C17H21FN2O2/c18-15-8-6-14(7-9-15)12-20-17(22)16(21)19-11-10-13-4-2-1-3-5-13/h4,6-9H,1-3,5,10-12H2,(H,19,21)(H,20,22). The molecule has 5 heteroatoms. The van der Waals surface area contributed by atoms with E-state index in [0.29, 0.717) is 6.54 Å². The van der Waals surface area contributed by atoms with Crippen LogP contribution in [0.1, 0.15) is 37.7 Å². The number of allylic oxidation sites excluding steroid dienone is 1. The molecule has 0 spiro atoms. The lowest BCUT2D eigenvalue weighted by Gasteiger charge is -2.12. The van der Waals surface area contributed by atoms with Gasteiger partial charge >= 0.3 is 11.8 Å². The molecule has 0 unspecified atom stereocenters. The van der Waals surface area contributed by atoms with E-state index in [1.54, 1.807) is 12.1 Å². The van der Waals surface area contributed by atoms with Crippen molar-refractivity contribution in [2.75, 3.05) is 6.54 Å². The lowest BCUT2D eigenvalue weighted by Crippen LogP contribution is -2.40. The van der Waals surface area contributed by atoms with Crippen molar-refractivity contribution >= 4 is 11.8 Å². The maximum atomic E-state index is 12.8. The van der Waals surface area contributed by atoms with E-state index < -0.39 is 11.8 Å². The minimum Gasteiger partial charge on any atom is -0.348 e. The smallest absolute Gasteiger partial charge is 0.309 e. The normalized spacial score (nSPS) is 14.1. The zero-order valence-corrected chi connectivity index (χ0v) is 12.5.